The summed E-state index contributed by atoms with van der Waals surface area (Å²) in [5, 5.41) is 6.18. The molecule has 3 aromatic rings. The lowest BCUT2D eigenvalue weighted by Gasteiger charge is -2.05. The minimum Gasteiger partial charge on any atom is -0.308 e. The van der Waals surface area contributed by atoms with Gasteiger partial charge in [0.05, 0.1) is 10.2 Å². The van der Waals surface area contributed by atoms with E-state index in [4.69, 9.17) is 11.6 Å². The predicted molar refractivity (Wildman–Crippen MR) is 83.7 cm³/mol. The van der Waals surface area contributed by atoms with Crippen LogP contribution in [-0.4, -0.2) is 11.0 Å². The van der Waals surface area contributed by atoms with E-state index in [-0.39, 0.29) is 5.82 Å². The summed E-state index contributed by atoms with van der Waals surface area (Å²) >= 11 is 7.04. The van der Waals surface area contributed by atoms with E-state index in [1.807, 2.05) is 0 Å². The van der Waals surface area contributed by atoms with Crippen molar-refractivity contribution in [2.24, 2.45) is 0 Å². The largest absolute Gasteiger partial charge is 0.325 e. The molecule has 0 fully saturated rings. The monoisotopic (exact) mass is 321 g/mol. The number of urea groups is 1. The van der Waals surface area contributed by atoms with Crippen LogP contribution in [0.3, 0.4) is 0 Å². The van der Waals surface area contributed by atoms with E-state index < -0.39 is 6.03 Å². The molecule has 0 atom stereocenters. The number of hydrogen-bond donors (Lipinski definition) is 2. The summed E-state index contributed by atoms with van der Waals surface area (Å²) in [6.07, 6.45) is 0. The number of carbonyl (C=O) groups is 1. The Balaban J connectivity index is 1.74. The van der Waals surface area contributed by atoms with Gasteiger partial charge in [0.25, 0.3) is 0 Å². The summed E-state index contributed by atoms with van der Waals surface area (Å²) in [4.78, 5) is 16.1. The summed E-state index contributed by atoms with van der Waals surface area (Å²) < 4.78 is 13.8. The van der Waals surface area contributed by atoms with Crippen molar-refractivity contribution in [3.8, 4) is 0 Å². The number of nitrogens with zero attached hydrogens (tertiary/aromatic N) is 1. The van der Waals surface area contributed by atoms with E-state index in [0.717, 1.165) is 0 Å². The lowest BCUT2D eigenvalue weighted by Crippen LogP contribution is -2.19. The second-order valence-corrected chi connectivity index (χ2v) is 5.69. The Bertz CT molecular complexity index is 821. The second-order valence-electron chi connectivity index (χ2n) is 4.22. The first-order valence-electron chi connectivity index (χ1n) is 6.00. The van der Waals surface area contributed by atoms with Gasteiger partial charge in [0.15, 0.2) is 5.13 Å². The molecular formula is C14H9ClFN3OS. The van der Waals surface area contributed by atoms with Crippen molar-refractivity contribution in [1.82, 2.24) is 4.98 Å². The zero-order chi connectivity index (χ0) is 14.8. The van der Waals surface area contributed by atoms with E-state index in [1.165, 1.54) is 23.5 Å². The smallest absolute Gasteiger partial charge is 0.308 e. The van der Waals surface area contributed by atoms with Crippen LogP contribution >= 0.6 is 22.9 Å². The van der Waals surface area contributed by atoms with Gasteiger partial charge in [-0.2, -0.15) is 0 Å². The molecule has 4 nitrogen and oxygen atoms in total. The molecule has 0 aliphatic heterocycles. The van der Waals surface area contributed by atoms with Crippen LogP contribution in [0.1, 0.15) is 0 Å². The zero-order valence-electron chi connectivity index (χ0n) is 10.6. The number of benzene rings is 2. The standard InChI is InChI=1S/C14H9ClFN3OS/c15-8-2-1-3-10(6-8)17-13(20)19-14-18-11-5-4-9(16)7-12(11)21-14/h1-7H,(H2,17,18,19,20). The average molecular weight is 322 g/mol. The van der Waals surface area contributed by atoms with Crippen LogP contribution in [0.25, 0.3) is 10.2 Å². The lowest BCUT2D eigenvalue weighted by molar-refractivity contribution is 0.262. The molecule has 0 radical (unpaired) electrons. The molecule has 3 rings (SSSR count). The van der Waals surface area contributed by atoms with E-state index in [0.29, 0.717) is 26.1 Å². The van der Waals surface area contributed by atoms with Crippen LogP contribution in [0.15, 0.2) is 42.5 Å². The Labute approximate surface area is 128 Å². The number of rotatable bonds is 2. The van der Waals surface area contributed by atoms with Crippen molar-refractivity contribution >= 4 is 50.0 Å². The summed E-state index contributed by atoms with van der Waals surface area (Å²) in [6, 6.07) is 10.7. The molecule has 1 heterocycles. The SMILES string of the molecule is O=C(Nc1cccc(Cl)c1)Nc1nc2ccc(F)cc2s1. The van der Waals surface area contributed by atoms with E-state index in [1.54, 1.807) is 30.3 Å². The minimum absolute atomic E-state index is 0.332. The molecule has 1 aromatic heterocycles. The maximum atomic E-state index is 13.1. The molecule has 2 N–H and O–H groups in total. The summed E-state index contributed by atoms with van der Waals surface area (Å²) in [7, 11) is 0. The molecular weight excluding hydrogens is 313 g/mol. The Morgan fingerprint density at radius 3 is 2.86 bits per heavy atom. The first-order valence-corrected chi connectivity index (χ1v) is 7.19. The summed E-state index contributed by atoms with van der Waals surface area (Å²) in [6.45, 7) is 0. The fourth-order valence-corrected chi connectivity index (χ4v) is 2.85. The van der Waals surface area contributed by atoms with Crippen LogP contribution < -0.4 is 10.6 Å². The molecule has 0 aliphatic carbocycles. The van der Waals surface area contributed by atoms with Gasteiger partial charge in [0.1, 0.15) is 5.82 Å². The van der Waals surface area contributed by atoms with E-state index in [9.17, 15) is 9.18 Å². The number of amides is 2. The van der Waals surface area contributed by atoms with Gasteiger partial charge in [-0.05, 0) is 36.4 Å². The maximum Gasteiger partial charge on any atom is 0.325 e. The third kappa shape index (κ3) is 3.29. The number of thiazole rings is 1. The van der Waals surface area contributed by atoms with Crippen molar-refractivity contribution in [3.63, 3.8) is 0 Å². The highest BCUT2D eigenvalue weighted by atomic mass is 35.5. The Kier molecular flexibility index (Phi) is 3.72. The third-order valence-corrected chi connectivity index (χ3v) is 3.82. The average Bonchev–Trinajstić information content (AvgIpc) is 2.79. The molecule has 0 bridgehead atoms. The molecule has 0 saturated carbocycles. The molecule has 2 aromatic carbocycles. The Morgan fingerprint density at radius 2 is 2.05 bits per heavy atom. The van der Waals surface area contributed by atoms with Gasteiger partial charge >= 0.3 is 6.03 Å². The Morgan fingerprint density at radius 1 is 1.19 bits per heavy atom. The van der Waals surface area contributed by atoms with E-state index in [2.05, 4.69) is 15.6 Å². The first kappa shape index (κ1) is 13.8. The van der Waals surface area contributed by atoms with Crippen molar-refractivity contribution < 1.29 is 9.18 Å². The second kappa shape index (κ2) is 5.67. The quantitative estimate of drug-likeness (QED) is 0.716. The fourth-order valence-electron chi connectivity index (χ4n) is 1.78. The highest BCUT2D eigenvalue weighted by Gasteiger charge is 2.08. The number of anilines is 2. The van der Waals surface area contributed by atoms with Gasteiger partial charge in [-0.3, -0.25) is 5.32 Å². The van der Waals surface area contributed by atoms with Crippen molar-refractivity contribution in [3.05, 3.63) is 53.3 Å². The summed E-state index contributed by atoms with van der Waals surface area (Å²) in [5.74, 6) is -0.332. The molecule has 7 heteroatoms. The Hall–Kier alpha value is -2.18. The number of hydrogen-bond acceptors (Lipinski definition) is 3. The maximum absolute atomic E-state index is 13.1. The molecule has 0 saturated heterocycles. The van der Waals surface area contributed by atoms with Crippen LogP contribution in [0.4, 0.5) is 20.0 Å². The van der Waals surface area contributed by atoms with Gasteiger partial charge in [0.2, 0.25) is 0 Å². The predicted octanol–water partition coefficient (Wildman–Crippen LogP) is 4.73. The van der Waals surface area contributed by atoms with Crippen molar-refractivity contribution in [1.29, 1.82) is 0 Å². The number of carbonyl (C=O) groups excluding carboxylic acids is 1. The highest BCUT2D eigenvalue weighted by molar-refractivity contribution is 7.22. The topological polar surface area (TPSA) is 54.0 Å². The van der Waals surface area contributed by atoms with Crippen LogP contribution in [0.2, 0.25) is 5.02 Å². The van der Waals surface area contributed by atoms with Gasteiger partial charge in [0, 0.05) is 10.7 Å². The van der Waals surface area contributed by atoms with Crippen LogP contribution in [0, 0.1) is 5.82 Å². The molecule has 0 aliphatic rings. The zero-order valence-corrected chi connectivity index (χ0v) is 12.1. The first-order chi connectivity index (χ1) is 10.1. The molecule has 106 valence electrons. The summed E-state index contributed by atoms with van der Waals surface area (Å²) in [5.41, 5.74) is 1.21. The lowest BCUT2D eigenvalue weighted by atomic mass is 10.3. The van der Waals surface area contributed by atoms with Crippen molar-refractivity contribution in [2.75, 3.05) is 10.6 Å². The van der Waals surface area contributed by atoms with Crippen molar-refractivity contribution in [2.45, 2.75) is 0 Å². The minimum atomic E-state index is -0.434. The van der Waals surface area contributed by atoms with Gasteiger partial charge in [-0.25, -0.2) is 14.2 Å². The fraction of sp³-hybridized carbons (Fsp3) is 0. The number of nitrogens with one attached hydrogen (secondary N) is 2. The highest BCUT2D eigenvalue weighted by Crippen LogP contribution is 2.26. The number of halogens is 2. The third-order valence-electron chi connectivity index (χ3n) is 2.65. The number of aromatic nitrogens is 1. The van der Waals surface area contributed by atoms with Gasteiger partial charge < -0.3 is 5.32 Å². The molecule has 2 amide bonds. The van der Waals surface area contributed by atoms with Gasteiger partial charge in [-0.15, -0.1) is 0 Å². The molecule has 0 spiro atoms. The van der Waals surface area contributed by atoms with Crippen LogP contribution in [-0.2, 0) is 0 Å². The van der Waals surface area contributed by atoms with E-state index >= 15 is 0 Å². The van der Waals surface area contributed by atoms with Crippen LogP contribution in [0.5, 0.6) is 0 Å². The van der Waals surface area contributed by atoms with Gasteiger partial charge in [-0.1, -0.05) is 29.0 Å². The number of fused-ring (bicyclic) bond motifs is 1. The molecule has 0 unspecified atom stereocenters. The normalized spacial score (nSPS) is 10.6. The molecule has 21 heavy (non-hydrogen) atoms.